The quantitative estimate of drug-likeness (QED) is 0.818. The molecule has 0 spiro atoms. The van der Waals surface area contributed by atoms with Crippen molar-refractivity contribution in [3.63, 3.8) is 0 Å². The first-order valence-corrected chi connectivity index (χ1v) is 10.2. The van der Waals surface area contributed by atoms with Crippen molar-refractivity contribution in [3.8, 4) is 0 Å². The fourth-order valence-corrected chi connectivity index (χ4v) is 3.61. The summed E-state index contributed by atoms with van der Waals surface area (Å²) < 4.78 is 26.0. The lowest BCUT2D eigenvalue weighted by Gasteiger charge is -2.32. The maximum absolute atomic E-state index is 12.7. The monoisotopic (exact) mass is 354 g/mol. The van der Waals surface area contributed by atoms with Crippen LogP contribution in [-0.2, 0) is 14.8 Å². The van der Waals surface area contributed by atoms with Crippen LogP contribution in [0.25, 0.3) is 0 Å². The molecule has 0 bridgehead atoms. The molecule has 1 N–H and O–H groups in total. The van der Waals surface area contributed by atoms with Crippen molar-refractivity contribution >= 4 is 21.6 Å². The topological polar surface area (TPSA) is 66.5 Å². The summed E-state index contributed by atoms with van der Waals surface area (Å²) >= 11 is 0. The average Bonchev–Trinajstić information content (AvgIpc) is 2.46. The van der Waals surface area contributed by atoms with Gasteiger partial charge in [-0.1, -0.05) is 26.8 Å². The van der Waals surface area contributed by atoms with Gasteiger partial charge in [0, 0.05) is 6.04 Å². The Morgan fingerprint density at radius 3 is 2.17 bits per heavy atom. The van der Waals surface area contributed by atoms with Crippen LogP contribution in [0, 0.1) is 19.8 Å². The highest BCUT2D eigenvalue weighted by molar-refractivity contribution is 7.92. The minimum absolute atomic E-state index is 0.0206. The van der Waals surface area contributed by atoms with Crippen LogP contribution < -0.4 is 9.62 Å². The molecular formula is C18H30N2O3S. The smallest absolute Gasteiger partial charge is 0.244 e. The largest absolute Gasteiger partial charge is 0.352 e. The number of amides is 1. The van der Waals surface area contributed by atoms with Gasteiger partial charge in [-0.05, 0) is 56.4 Å². The fourth-order valence-electron chi connectivity index (χ4n) is 2.41. The highest BCUT2D eigenvalue weighted by Gasteiger charge is 2.32. The van der Waals surface area contributed by atoms with E-state index in [1.165, 1.54) is 4.31 Å². The summed E-state index contributed by atoms with van der Waals surface area (Å²) in [6.07, 6.45) is 1.54. The minimum Gasteiger partial charge on any atom is -0.352 e. The molecule has 0 aliphatic heterocycles. The molecule has 1 aromatic carbocycles. The van der Waals surface area contributed by atoms with Gasteiger partial charge in [0.1, 0.15) is 6.04 Å². The number of hydrogen-bond donors (Lipinski definition) is 1. The van der Waals surface area contributed by atoms with Gasteiger partial charge < -0.3 is 5.32 Å². The van der Waals surface area contributed by atoms with E-state index in [2.05, 4.69) is 5.32 Å². The van der Waals surface area contributed by atoms with Gasteiger partial charge in [-0.3, -0.25) is 9.10 Å². The van der Waals surface area contributed by atoms with Crippen molar-refractivity contribution < 1.29 is 13.2 Å². The van der Waals surface area contributed by atoms with Crippen LogP contribution in [0.1, 0.15) is 45.2 Å². The zero-order chi connectivity index (χ0) is 18.7. The maximum Gasteiger partial charge on any atom is 0.244 e. The highest BCUT2D eigenvalue weighted by atomic mass is 32.2. The van der Waals surface area contributed by atoms with Crippen LogP contribution in [0.15, 0.2) is 18.2 Å². The fraction of sp³-hybridized carbons (Fsp3) is 0.611. The number of sulfonamides is 1. The molecule has 0 saturated heterocycles. The summed E-state index contributed by atoms with van der Waals surface area (Å²) in [5.41, 5.74) is 2.60. The number of hydrogen-bond acceptors (Lipinski definition) is 3. The van der Waals surface area contributed by atoms with Gasteiger partial charge in [-0.25, -0.2) is 8.42 Å². The van der Waals surface area contributed by atoms with Crippen LogP contribution in [0.2, 0.25) is 0 Å². The van der Waals surface area contributed by atoms with Crippen LogP contribution in [-0.4, -0.2) is 32.7 Å². The second kappa shape index (κ2) is 8.01. The Morgan fingerprint density at radius 2 is 1.75 bits per heavy atom. The molecule has 0 unspecified atom stereocenters. The molecule has 6 heteroatoms. The third-order valence-electron chi connectivity index (χ3n) is 4.44. The van der Waals surface area contributed by atoms with E-state index in [0.717, 1.165) is 17.4 Å². The van der Waals surface area contributed by atoms with Gasteiger partial charge in [0.05, 0.1) is 11.9 Å². The predicted octanol–water partition coefficient (Wildman–Crippen LogP) is 3.01. The van der Waals surface area contributed by atoms with Gasteiger partial charge in [0.15, 0.2) is 0 Å². The second-order valence-corrected chi connectivity index (χ2v) is 8.65. The Balaban J connectivity index is 3.27. The summed E-state index contributed by atoms with van der Waals surface area (Å²) in [5.74, 6) is 0.0158. The molecule has 0 fully saturated rings. The van der Waals surface area contributed by atoms with Crippen molar-refractivity contribution in [3.05, 3.63) is 29.3 Å². The molecule has 0 heterocycles. The van der Waals surface area contributed by atoms with E-state index in [0.29, 0.717) is 12.1 Å². The Labute approximate surface area is 146 Å². The van der Waals surface area contributed by atoms with E-state index >= 15 is 0 Å². The second-order valence-electron chi connectivity index (χ2n) is 6.79. The summed E-state index contributed by atoms with van der Waals surface area (Å²) in [5, 5.41) is 2.93. The number of carbonyl (C=O) groups excluding carboxylic acids is 1. The first-order chi connectivity index (χ1) is 11.0. The van der Waals surface area contributed by atoms with Crippen molar-refractivity contribution in [1.29, 1.82) is 0 Å². The lowest BCUT2D eigenvalue weighted by Crippen LogP contribution is -2.52. The Hall–Kier alpha value is -1.56. The van der Waals surface area contributed by atoms with Crippen LogP contribution >= 0.6 is 0 Å². The van der Waals surface area contributed by atoms with E-state index < -0.39 is 16.1 Å². The van der Waals surface area contributed by atoms with Gasteiger partial charge in [0.25, 0.3) is 0 Å². The zero-order valence-corrected chi connectivity index (χ0v) is 16.6. The average molecular weight is 355 g/mol. The summed E-state index contributed by atoms with van der Waals surface area (Å²) in [6.45, 7) is 11.7. The standard InChI is InChI=1S/C18H30N2O3S/c1-8-17(18(21)19-15(6)12(2)3)20(24(7,22)23)16-10-9-13(4)14(5)11-16/h9-12,15,17H,8H2,1-7H3,(H,19,21)/t15-,17+/m0/s1. The Morgan fingerprint density at radius 1 is 1.17 bits per heavy atom. The van der Waals surface area contributed by atoms with Crippen molar-refractivity contribution in [2.75, 3.05) is 10.6 Å². The zero-order valence-electron chi connectivity index (χ0n) is 15.8. The maximum atomic E-state index is 12.7. The SMILES string of the molecule is CC[C@H](C(=O)N[C@@H](C)C(C)C)N(c1ccc(C)c(C)c1)S(C)(=O)=O. The Kier molecular flexibility index (Phi) is 6.84. The predicted molar refractivity (Wildman–Crippen MR) is 99.8 cm³/mol. The molecule has 24 heavy (non-hydrogen) atoms. The van der Waals surface area contributed by atoms with E-state index in [1.807, 2.05) is 53.7 Å². The summed E-state index contributed by atoms with van der Waals surface area (Å²) in [7, 11) is -3.59. The molecule has 0 aliphatic rings. The highest BCUT2D eigenvalue weighted by Crippen LogP contribution is 2.25. The number of rotatable bonds is 7. The molecule has 1 aromatic rings. The van der Waals surface area contributed by atoms with E-state index in [-0.39, 0.29) is 17.9 Å². The number of benzene rings is 1. The molecule has 1 amide bonds. The van der Waals surface area contributed by atoms with E-state index in [4.69, 9.17) is 0 Å². The van der Waals surface area contributed by atoms with Gasteiger partial charge in [0.2, 0.25) is 15.9 Å². The third kappa shape index (κ3) is 4.97. The van der Waals surface area contributed by atoms with Crippen LogP contribution in [0.5, 0.6) is 0 Å². The molecule has 0 saturated carbocycles. The van der Waals surface area contributed by atoms with E-state index in [1.54, 1.807) is 6.07 Å². The normalized spacial score (nSPS) is 14.3. The number of nitrogens with one attached hydrogen (secondary N) is 1. The summed E-state index contributed by atoms with van der Waals surface area (Å²) in [4.78, 5) is 12.7. The van der Waals surface area contributed by atoms with Crippen LogP contribution in [0.4, 0.5) is 5.69 Å². The number of aryl methyl sites for hydroxylation is 2. The molecule has 0 aliphatic carbocycles. The van der Waals surface area contributed by atoms with Gasteiger partial charge in [-0.15, -0.1) is 0 Å². The third-order valence-corrected chi connectivity index (χ3v) is 5.62. The molecule has 0 aromatic heterocycles. The molecule has 5 nitrogen and oxygen atoms in total. The van der Waals surface area contributed by atoms with Crippen LogP contribution in [0.3, 0.4) is 0 Å². The molecule has 0 radical (unpaired) electrons. The molecule has 136 valence electrons. The lowest BCUT2D eigenvalue weighted by atomic mass is 10.1. The van der Waals surface area contributed by atoms with Crippen molar-refractivity contribution in [2.45, 2.75) is 60.0 Å². The van der Waals surface area contributed by atoms with E-state index in [9.17, 15) is 13.2 Å². The van der Waals surface area contributed by atoms with Gasteiger partial charge in [-0.2, -0.15) is 0 Å². The molecule has 1 rings (SSSR count). The molecule has 2 atom stereocenters. The van der Waals surface area contributed by atoms with Crippen molar-refractivity contribution in [2.24, 2.45) is 5.92 Å². The van der Waals surface area contributed by atoms with Gasteiger partial charge >= 0.3 is 0 Å². The molecular weight excluding hydrogens is 324 g/mol. The number of nitrogens with zero attached hydrogens (tertiary/aromatic N) is 1. The summed E-state index contributed by atoms with van der Waals surface area (Å²) in [6, 6.07) is 4.67. The first-order valence-electron chi connectivity index (χ1n) is 8.36. The number of anilines is 1. The lowest BCUT2D eigenvalue weighted by molar-refractivity contribution is -0.123. The van der Waals surface area contributed by atoms with Crippen molar-refractivity contribution in [1.82, 2.24) is 5.32 Å². The first kappa shape index (κ1) is 20.5. The minimum atomic E-state index is -3.59. The number of carbonyl (C=O) groups is 1. The Bertz CT molecular complexity index is 684.